The average Bonchev–Trinajstić information content (AvgIpc) is 2.65. The van der Waals surface area contributed by atoms with Crippen molar-refractivity contribution in [2.24, 2.45) is 0 Å². The molecule has 0 unspecified atom stereocenters. The number of anilines is 1. The van der Waals surface area contributed by atoms with Crippen LogP contribution in [0.3, 0.4) is 0 Å². The molecular formula is C11H11F3N2OS. The molecule has 0 bridgehead atoms. The van der Waals surface area contributed by atoms with Crippen LogP contribution in [0.1, 0.15) is 12.8 Å². The maximum atomic E-state index is 11.9. The van der Waals surface area contributed by atoms with Crippen LogP contribution in [-0.2, 0) is 0 Å². The smallest absolute Gasteiger partial charge is 0.389 e. The Bertz CT molecular complexity index is 539. The van der Waals surface area contributed by atoms with E-state index in [1.165, 1.54) is 11.3 Å². The van der Waals surface area contributed by atoms with Gasteiger partial charge in [-0.15, -0.1) is 0 Å². The summed E-state index contributed by atoms with van der Waals surface area (Å²) in [7, 11) is 0. The summed E-state index contributed by atoms with van der Waals surface area (Å²) < 4.78 is 41.8. The molecule has 2 aromatic rings. The first-order chi connectivity index (χ1) is 8.44. The first-order valence-electron chi connectivity index (χ1n) is 5.30. The Kier molecular flexibility index (Phi) is 3.60. The van der Waals surface area contributed by atoms with Crippen LogP contribution in [0, 0.1) is 0 Å². The maximum Gasteiger partial charge on any atom is 0.389 e. The molecule has 1 aromatic carbocycles. The summed E-state index contributed by atoms with van der Waals surface area (Å²) in [6, 6.07) is 5.23. The molecule has 0 fully saturated rings. The Morgan fingerprint density at radius 3 is 2.83 bits per heavy atom. The summed E-state index contributed by atoms with van der Waals surface area (Å²) in [6.07, 6.45) is -5.04. The number of halogens is 3. The van der Waals surface area contributed by atoms with Crippen LogP contribution in [0.25, 0.3) is 10.2 Å². The third-order valence-corrected chi connectivity index (χ3v) is 3.15. The Morgan fingerprint density at radius 2 is 2.11 bits per heavy atom. The van der Waals surface area contributed by atoms with Crippen LogP contribution in [0.5, 0.6) is 5.19 Å². The van der Waals surface area contributed by atoms with Crippen LogP contribution in [0.15, 0.2) is 18.2 Å². The van der Waals surface area contributed by atoms with Gasteiger partial charge in [0.2, 0.25) is 0 Å². The molecule has 1 aromatic heterocycles. The van der Waals surface area contributed by atoms with Gasteiger partial charge in [-0.05, 0) is 24.6 Å². The minimum atomic E-state index is -4.13. The van der Waals surface area contributed by atoms with E-state index in [4.69, 9.17) is 10.5 Å². The van der Waals surface area contributed by atoms with Crippen LogP contribution in [0.4, 0.5) is 18.9 Å². The van der Waals surface area contributed by atoms with Gasteiger partial charge < -0.3 is 10.5 Å². The van der Waals surface area contributed by atoms with Crippen molar-refractivity contribution in [1.29, 1.82) is 0 Å². The van der Waals surface area contributed by atoms with E-state index in [0.717, 1.165) is 10.2 Å². The van der Waals surface area contributed by atoms with E-state index in [1.807, 2.05) is 0 Å². The molecule has 0 saturated heterocycles. The number of nitrogens with two attached hydrogens (primary N) is 1. The molecule has 1 heterocycles. The van der Waals surface area contributed by atoms with Gasteiger partial charge in [-0.25, -0.2) is 4.98 Å². The fraction of sp³-hybridized carbons (Fsp3) is 0.364. The summed E-state index contributed by atoms with van der Waals surface area (Å²) in [5, 5.41) is 0.373. The van der Waals surface area contributed by atoms with Crippen molar-refractivity contribution >= 4 is 27.2 Å². The van der Waals surface area contributed by atoms with Gasteiger partial charge in [0, 0.05) is 12.1 Å². The summed E-state index contributed by atoms with van der Waals surface area (Å²) in [5.74, 6) is 0. The zero-order valence-electron chi connectivity index (χ0n) is 9.33. The lowest BCUT2D eigenvalue weighted by Crippen LogP contribution is -2.09. The molecule has 98 valence electrons. The molecule has 18 heavy (non-hydrogen) atoms. The van der Waals surface area contributed by atoms with Crippen LogP contribution in [0.2, 0.25) is 0 Å². The van der Waals surface area contributed by atoms with E-state index in [9.17, 15) is 13.2 Å². The summed E-state index contributed by atoms with van der Waals surface area (Å²) in [6.45, 7) is 0.00874. The number of alkyl halides is 3. The number of benzene rings is 1. The fourth-order valence-corrected chi connectivity index (χ4v) is 2.30. The fourth-order valence-electron chi connectivity index (χ4n) is 1.41. The van der Waals surface area contributed by atoms with Crippen molar-refractivity contribution in [3.63, 3.8) is 0 Å². The molecule has 0 aliphatic rings. The molecule has 7 heteroatoms. The number of hydrogen-bond donors (Lipinski definition) is 1. The predicted octanol–water partition coefficient (Wildman–Crippen LogP) is 3.60. The highest BCUT2D eigenvalue weighted by Crippen LogP contribution is 2.29. The monoisotopic (exact) mass is 276 g/mol. The summed E-state index contributed by atoms with van der Waals surface area (Å²) in [4.78, 5) is 4.15. The first kappa shape index (κ1) is 12.9. The number of aromatic nitrogens is 1. The van der Waals surface area contributed by atoms with E-state index in [2.05, 4.69) is 4.98 Å². The number of thiazole rings is 1. The lowest BCUT2D eigenvalue weighted by atomic mass is 10.3. The molecule has 0 radical (unpaired) electrons. The quantitative estimate of drug-likeness (QED) is 0.685. The van der Waals surface area contributed by atoms with Gasteiger partial charge in [-0.3, -0.25) is 0 Å². The second kappa shape index (κ2) is 5.01. The molecule has 0 aliphatic heterocycles. The minimum absolute atomic E-state index is 0.00874. The van der Waals surface area contributed by atoms with Gasteiger partial charge in [-0.1, -0.05) is 11.3 Å². The maximum absolute atomic E-state index is 11.9. The zero-order chi connectivity index (χ0) is 13.2. The Balaban J connectivity index is 1.92. The highest BCUT2D eigenvalue weighted by molar-refractivity contribution is 7.20. The molecule has 0 amide bonds. The predicted molar refractivity (Wildman–Crippen MR) is 64.8 cm³/mol. The first-order valence-corrected chi connectivity index (χ1v) is 6.11. The number of nitrogens with zero attached hydrogens (tertiary/aromatic N) is 1. The van der Waals surface area contributed by atoms with Gasteiger partial charge in [0.1, 0.15) is 0 Å². The second-order valence-electron chi connectivity index (χ2n) is 3.77. The molecule has 0 saturated carbocycles. The number of ether oxygens (including phenoxy) is 1. The number of rotatable bonds is 4. The largest absolute Gasteiger partial charge is 0.470 e. The lowest BCUT2D eigenvalue weighted by Gasteiger charge is -2.05. The number of hydrogen-bond acceptors (Lipinski definition) is 4. The average molecular weight is 276 g/mol. The highest BCUT2D eigenvalue weighted by Gasteiger charge is 2.26. The Morgan fingerprint density at radius 1 is 1.33 bits per heavy atom. The van der Waals surface area contributed by atoms with Crippen molar-refractivity contribution in [3.05, 3.63) is 18.2 Å². The van der Waals surface area contributed by atoms with Gasteiger partial charge in [-0.2, -0.15) is 13.2 Å². The van der Waals surface area contributed by atoms with Crippen molar-refractivity contribution in [3.8, 4) is 5.19 Å². The van der Waals surface area contributed by atoms with E-state index in [1.54, 1.807) is 18.2 Å². The van der Waals surface area contributed by atoms with Crippen molar-refractivity contribution in [2.75, 3.05) is 12.3 Å². The van der Waals surface area contributed by atoms with Crippen LogP contribution < -0.4 is 10.5 Å². The molecule has 3 nitrogen and oxygen atoms in total. The normalized spacial score (nSPS) is 11.9. The third-order valence-electron chi connectivity index (χ3n) is 2.22. The lowest BCUT2D eigenvalue weighted by molar-refractivity contribution is -0.136. The highest BCUT2D eigenvalue weighted by atomic mass is 32.1. The molecule has 0 spiro atoms. The van der Waals surface area contributed by atoms with E-state index < -0.39 is 12.6 Å². The van der Waals surface area contributed by atoms with Crippen LogP contribution in [-0.4, -0.2) is 17.8 Å². The molecular weight excluding hydrogens is 265 g/mol. The van der Waals surface area contributed by atoms with Crippen molar-refractivity contribution in [1.82, 2.24) is 4.98 Å². The number of fused-ring (bicyclic) bond motifs is 1. The van der Waals surface area contributed by atoms with Gasteiger partial charge in [0.25, 0.3) is 5.19 Å². The topological polar surface area (TPSA) is 48.1 Å². The van der Waals surface area contributed by atoms with Crippen molar-refractivity contribution in [2.45, 2.75) is 19.0 Å². The Labute approximate surface area is 105 Å². The SMILES string of the molecule is Nc1ccc2nc(OCCCC(F)(F)F)sc2c1. The molecule has 2 rings (SSSR count). The van der Waals surface area contributed by atoms with Gasteiger partial charge in [0.15, 0.2) is 0 Å². The zero-order valence-corrected chi connectivity index (χ0v) is 10.1. The van der Waals surface area contributed by atoms with Crippen LogP contribution >= 0.6 is 11.3 Å². The molecule has 2 N–H and O–H groups in total. The van der Waals surface area contributed by atoms with Gasteiger partial charge >= 0.3 is 6.18 Å². The third kappa shape index (κ3) is 3.49. The van der Waals surface area contributed by atoms with E-state index in [-0.39, 0.29) is 13.0 Å². The summed E-state index contributed by atoms with van der Waals surface area (Å²) >= 11 is 1.27. The molecule has 0 aliphatic carbocycles. The minimum Gasteiger partial charge on any atom is -0.470 e. The van der Waals surface area contributed by atoms with E-state index in [0.29, 0.717) is 10.9 Å². The number of nitrogen functional groups attached to an aromatic ring is 1. The van der Waals surface area contributed by atoms with Crippen molar-refractivity contribution < 1.29 is 17.9 Å². The van der Waals surface area contributed by atoms with E-state index >= 15 is 0 Å². The second-order valence-corrected chi connectivity index (χ2v) is 4.77. The molecule has 0 atom stereocenters. The Hall–Kier alpha value is -1.50. The summed E-state index contributed by atoms with van der Waals surface area (Å²) in [5.41, 5.74) is 6.97. The standard InChI is InChI=1S/C11H11F3N2OS/c12-11(13,14)4-1-5-17-10-16-8-3-2-7(15)6-9(8)18-10/h2-3,6H,1,4-5,15H2. The van der Waals surface area contributed by atoms with Gasteiger partial charge in [0.05, 0.1) is 16.8 Å².